The number of ether oxygens (including phenoxy) is 1. The molecule has 0 aliphatic heterocycles. The fourth-order valence-corrected chi connectivity index (χ4v) is 2.76. The first-order valence-corrected chi connectivity index (χ1v) is 7.30. The lowest BCUT2D eigenvalue weighted by Gasteiger charge is -2.23. The molecule has 3 nitrogen and oxygen atoms in total. The van der Waals surface area contributed by atoms with Gasteiger partial charge in [-0.15, -0.1) is 0 Å². The number of hydrogen-bond acceptors (Lipinski definition) is 3. The van der Waals surface area contributed by atoms with Gasteiger partial charge in [0.2, 0.25) is 0 Å². The fraction of sp³-hybridized carbons (Fsp3) is 0.562. The minimum absolute atomic E-state index is 0.312. The van der Waals surface area contributed by atoms with Gasteiger partial charge in [0.1, 0.15) is 11.9 Å². The van der Waals surface area contributed by atoms with Crippen LogP contribution in [0, 0.1) is 12.7 Å². The zero-order chi connectivity index (χ0) is 14.5. The quantitative estimate of drug-likeness (QED) is 0.841. The summed E-state index contributed by atoms with van der Waals surface area (Å²) in [5.74, 6) is -0.652. The van der Waals surface area contributed by atoms with Gasteiger partial charge in [0.05, 0.1) is 6.61 Å². The maximum Gasteiger partial charge on any atom is 0.327 e. The molecule has 1 atom stereocenters. The number of hydrogen-bond donors (Lipinski definition) is 1. The van der Waals surface area contributed by atoms with Gasteiger partial charge in [0.25, 0.3) is 0 Å². The molecule has 0 amide bonds. The number of rotatable bonds is 5. The van der Waals surface area contributed by atoms with Crippen molar-refractivity contribution in [3.05, 3.63) is 35.1 Å². The van der Waals surface area contributed by atoms with E-state index in [0.29, 0.717) is 18.2 Å². The third-order valence-corrected chi connectivity index (χ3v) is 3.83. The van der Waals surface area contributed by atoms with Gasteiger partial charge in [0, 0.05) is 6.04 Å². The van der Waals surface area contributed by atoms with E-state index in [-0.39, 0.29) is 11.8 Å². The van der Waals surface area contributed by atoms with Gasteiger partial charge < -0.3 is 4.74 Å². The summed E-state index contributed by atoms with van der Waals surface area (Å²) in [6, 6.07) is 4.28. The first kappa shape index (κ1) is 15.0. The number of benzene rings is 1. The molecule has 0 saturated heterocycles. The van der Waals surface area contributed by atoms with Crippen molar-refractivity contribution in [2.45, 2.75) is 51.6 Å². The third-order valence-electron chi connectivity index (χ3n) is 3.83. The molecule has 1 saturated carbocycles. The van der Waals surface area contributed by atoms with Gasteiger partial charge in [-0.2, -0.15) is 0 Å². The topological polar surface area (TPSA) is 38.3 Å². The van der Waals surface area contributed by atoms with Crippen LogP contribution in [-0.2, 0) is 9.53 Å². The Kier molecular flexibility index (Phi) is 5.12. The maximum absolute atomic E-state index is 13.5. The first-order chi connectivity index (χ1) is 9.61. The van der Waals surface area contributed by atoms with Crippen molar-refractivity contribution in [1.29, 1.82) is 0 Å². The molecule has 1 fully saturated rings. The molecule has 1 unspecified atom stereocenters. The largest absolute Gasteiger partial charge is 0.465 e. The highest BCUT2D eigenvalue weighted by atomic mass is 19.1. The van der Waals surface area contributed by atoms with E-state index in [1.807, 2.05) is 6.92 Å². The van der Waals surface area contributed by atoms with E-state index in [4.69, 9.17) is 4.74 Å². The summed E-state index contributed by atoms with van der Waals surface area (Å²) in [4.78, 5) is 12.2. The average molecular weight is 279 g/mol. The van der Waals surface area contributed by atoms with E-state index in [1.54, 1.807) is 13.0 Å². The Labute approximate surface area is 119 Å². The van der Waals surface area contributed by atoms with Crippen LogP contribution in [0.4, 0.5) is 4.39 Å². The summed E-state index contributed by atoms with van der Waals surface area (Å²) < 4.78 is 18.6. The highest BCUT2D eigenvalue weighted by Gasteiger charge is 2.28. The van der Waals surface area contributed by atoms with Crippen molar-refractivity contribution in [3.8, 4) is 0 Å². The lowest BCUT2D eigenvalue weighted by molar-refractivity contribution is -0.146. The number of esters is 1. The lowest BCUT2D eigenvalue weighted by Crippen LogP contribution is -2.37. The molecule has 110 valence electrons. The maximum atomic E-state index is 13.5. The summed E-state index contributed by atoms with van der Waals surface area (Å²) in [5, 5.41) is 3.34. The summed E-state index contributed by atoms with van der Waals surface area (Å²) in [6.45, 7) is 4.00. The third kappa shape index (κ3) is 3.57. The summed E-state index contributed by atoms with van der Waals surface area (Å²) in [6.07, 6.45) is 4.47. The van der Waals surface area contributed by atoms with Crippen LogP contribution in [0.2, 0.25) is 0 Å². The summed E-state index contributed by atoms with van der Waals surface area (Å²) in [7, 11) is 0. The smallest absolute Gasteiger partial charge is 0.327 e. The molecule has 4 heteroatoms. The Balaban J connectivity index is 2.24. The number of carbonyl (C=O) groups excluding carboxylic acids is 1. The second kappa shape index (κ2) is 6.84. The van der Waals surface area contributed by atoms with Gasteiger partial charge in [-0.3, -0.25) is 5.32 Å². The van der Waals surface area contributed by atoms with Crippen molar-refractivity contribution < 1.29 is 13.9 Å². The van der Waals surface area contributed by atoms with Crippen molar-refractivity contribution >= 4 is 5.97 Å². The van der Waals surface area contributed by atoms with E-state index in [1.165, 1.54) is 25.0 Å². The second-order valence-electron chi connectivity index (χ2n) is 5.33. The fourth-order valence-electron chi connectivity index (χ4n) is 2.76. The predicted molar refractivity (Wildman–Crippen MR) is 75.9 cm³/mol. The minimum Gasteiger partial charge on any atom is -0.465 e. The molecule has 0 heterocycles. The lowest BCUT2D eigenvalue weighted by atomic mass is 10.00. The highest BCUT2D eigenvalue weighted by Crippen LogP contribution is 2.25. The molecule has 1 aromatic carbocycles. The molecule has 1 aromatic rings. The number of aryl methyl sites for hydroxylation is 1. The molecule has 0 spiro atoms. The number of halogens is 1. The van der Waals surface area contributed by atoms with Crippen molar-refractivity contribution in [1.82, 2.24) is 5.32 Å². The Morgan fingerprint density at radius 3 is 2.80 bits per heavy atom. The summed E-state index contributed by atoms with van der Waals surface area (Å²) >= 11 is 0. The van der Waals surface area contributed by atoms with Crippen LogP contribution in [-0.4, -0.2) is 18.6 Å². The van der Waals surface area contributed by atoms with Crippen LogP contribution >= 0.6 is 0 Å². The predicted octanol–water partition coefficient (Wildman–Crippen LogP) is 3.27. The molecule has 1 N–H and O–H groups in total. The van der Waals surface area contributed by atoms with Crippen LogP contribution in [0.15, 0.2) is 18.2 Å². The van der Waals surface area contributed by atoms with Crippen LogP contribution < -0.4 is 5.32 Å². The standard InChI is InChI=1S/C16H22FNO2/c1-3-20-16(19)15(18-13-6-4-5-7-13)14-10-12(17)9-8-11(14)2/h8-10,13,15,18H,3-7H2,1-2H3. The molecular formula is C16H22FNO2. The molecule has 0 aromatic heterocycles. The van der Waals surface area contributed by atoms with Crippen molar-refractivity contribution in [2.75, 3.05) is 6.61 Å². The minimum atomic E-state index is -0.575. The van der Waals surface area contributed by atoms with Gasteiger partial charge >= 0.3 is 5.97 Å². The number of nitrogens with one attached hydrogen (secondary N) is 1. The number of carbonyl (C=O) groups is 1. The van der Waals surface area contributed by atoms with E-state index >= 15 is 0 Å². The molecule has 1 aliphatic rings. The Morgan fingerprint density at radius 1 is 1.45 bits per heavy atom. The zero-order valence-electron chi connectivity index (χ0n) is 12.1. The van der Waals surface area contributed by atoms with Crippen molar-refractivity contribution in [2.24, 2.45) is 0 Å². The van der Waals surface area contributed by atoms with Crippen LogP contribution in [0.5, 0.6) is 0 Å². The van der Waals surface area contributed by atoms with E-state index < -0.39 is 6.04 Å². The van der Waals surface area contributed by atoms with Gasteiger partial charge in [0.15, 0.2) is 0 Å². The molecule has 1 aliphatic carbocycles. The van der Waals surface area contributed by atoms with E-state index in [0.717, 1.165) is 18.4 Å². The first-order valence-electron chi connectivity index (χ1n) is 7.30. The van der Waals surface area contributed by atoms with E-state index in [2.05, 4.69) is 5.32 Å². The summed E-state index contributed by atoms with van der Waals surface area (Å²) in [5.41, 5.74) is 1.57. The van der Waals surface area contributed by atoms with Crippen LogP contribution in [0.25, 0.3) is 0 Å². The molecule has 2 rings (SSSR count). The molecular weight excluding hydrogens is 257 g/mol. The van der Waals surface area contributed by atoms with Crippen molar-refractivity contribution in [3.63, 3.8) is 0 Å². The Bertz CT molecular complexity index is 470. The molecule has 20 heavy (non-hydrogen) atoms. The SMILES string of the molecule is CCOC(=O)C(NC1CCCC1)c1cc(F)ccc1C. The normalized spacial score (nSPS) is 17.1. The monoisotopic (exact) mass is 279 g/mol. The van der Waals surface area contributed by atoms with Gasteiger partial charge in [-0.1, -0.05) is 18.9 Å². The second-order valence-corrected chi connectivity index (χ2v) is 5.33. The molecule has 0 radical (unpaired) electrons. The average Bonchev–Trinajstić information content (AvgIpc) is 2.92. The Morgan fingerprint density at radius 2 is 2.15 bits per heavy atom. The van der Waals surface area contributed by atoms with Gasteiger partial charge in [-0.05, 0) is 49.9 Å². The zero-order valence-corrected chi connectivity index (χ0v) is 12.1. The molecule has 0 bridgehead atoms. The van der Waals surface area contributed by atoms with Crippen LogP contribution in [0.3, 0.4) is 0 Å². The highest BCUT2D eigenvalue weighted by molar-refractivity contribution is 5.78. The van der Waals surface area contributed by atoms with Gasteiger partial charge in [-0.25, -0.2) is 9.18 Å². The van der Waals surface area contributed by atoms with E-state index in [9.17, 15) is 9.18 Å². The Hall–Kier alpha value is -1.42. The van der Waals surface area contributed by atoms with Crippen LogP contribution in [0.1, 0.15) is 49.8 Å².